The molecule has 0 aliphatic heterocycles. The molecule has 0 heterocycles. The van der Waals surface area contributed by atoms with E-state index in [2.05, 4.69) is 10.6 Å². The summed E-state index contributed by atoms with van der Waals surface area (Å²) >= 11 is 0. The molecule has 3 aromatic carbocycles. The summed E-state index contributed by atoms with van der Waals surface area (Å²) in [7, 11) is 3.32. The molecule has 4 amide bonds. The Bertz CT molecular complexity index is 1270. The summed E-state index contributed by atoms with van der Waals surface area (Å²) in [6, 6.07) is 26.5. The van der Waals surface area contributed by atoms with Crippen LogP contribution in [0.2, 0.25) is 0 Å². The molecule has 3 aromatic rings. The number of hydrogen-bond donors (Lipinski definition) is 2. The maximum atomic E-state index is 12.1. The fourth-order valence-corrected chi connectivity index (χ4v) is 4.13. The molecule has 46 heavy (non-hydrogen) atoms. The predicted octanol–water partition coefficient (Wildman–Crippen LogP) is 5.46. The van der Waals surface area contributed by atoms with E-state index in [9.17, 15) is 19.2 Å². The zero-order valence-electron chi connectivity index (χ0n) is 26.3. The van der Waals surface area contributed by atoms with Gasteiger partial charge in [0, 0.05) is 53.1 Å². The van der Waals surface area contributed by atoms with Gasteiger partial charge in [-0.15, -0.1) is 0 Å². The van der Waals surface area contributed by atoms with E-state index >= 15 is 0 Å². The summed E-state index contributed by atoms with van der Waals surface area (Å²) in [6.07, 6.45) is -1.34. The lowest BCUT2D eigenvalue weighted by atomic mass is 10.1. The molecule has 12 heteroatoms. The van der Waals surface area contributed by atoms with Gasteiger partial charge in [0.25, 0.3) is 0 Å². The Morgan fingerprint density at radius 1 is 0.522 bits per heavy atom. The van der Waals surface area contributed by atoms with Crippen LogP contribution in [0.4, 0.5) is 19.2 Å². The van der Waals surface area contributed by atoms with Crippen LogP contribution in [0.15, 0.2) is 84.9 Å². The number of nitrogens with zero attached hydrogens (tertiary/aromatic N) is 2. The lowest BCUT2D eigenvalue weighted by Gasteiger charge is -2.17. The highest BCUT2D eigenvalue weighted by Crippen LogP contribution is 2.07. The topological polar surface area (TPSA) is 136 Å². The van der Waals surface area contributed by atoms with Crippen LogP contribution in [-0.2, 0) is 45.1 Å². The minimum atomic E-state index is -0.590. The molecular formula is C34H42N4O8. The largest absolute Gasteiger partial charge is 0.449 e. The van der Waals surface area contributed by atoms with Gasteiger partial charge < -0.3 is 39.4 Å². The Morgan fingerprint density at radius 3 is 1.30 bits per heavy atom. The fourth-order valence-electron chi connectivity index (χ4n) is 4.13. The van der Waals surface area contributed by atoms with Gasteiger partial charge in [0.15, 0.2) is 0 Å². The molecule has 0 aliphatic carbocycles. The van der Waals surface area contributed by atoms with Crippen molar-refractivity contribution in [3.63, 3.8) is 0 Å². The van der Waals surface area contributed by atoms with Crippen molar-refractivity contribution in [3.05, 3.63) is 107 Å². The minimum Gasteiger partial charge on any atom is -0.449 e. The maximum Gasteiger partial charge on any atom is 0.409 e. The zero-order chi connectivity index (χ0) is 33.0. The standard InChI is InChI=1S/C34H42N4O8/c1-37(25-27-12-5-3-6-13-27)33(41)45-20-10-18-43-31(39)35-23-29-16-9-17-30(22-29)24-36-32(40)44-19-11-21-46-34(42)38(2)26-28-14-7-4-8-15-28/h3-9,12-17,22H,10-11,18-21,23-26H2,1-2H3,(H,35,39)(H,36,40). The van der Waals surface area contributed by atoms with Crippen LogP contribution in [0.1, 0.15) is 35.1 Å². The summed E-state index contributed by atoms with van der Waals surface area (Å²) in [5.74, 6) is 0. The molecule has 0 saturated heterocycles. The van der Waals surface area contributed by atoms with Gasteiger partial charge in [0.2, 0.25) is 0 Å². The number of carbonyl (C=O) groups is 4. The van der Waals surface area contributed by atoms with Crippen LogP contribution in [0.3, 0.4) is 0 Å². The second kappa shape index (κ2) is 19.9. The molecule has 0 radical (unpaired) electrons. The molecule has 246 valence electrons. The van der Waals surface area contributed by atoms with Gasteiger partial charge in [-0.2, -0.15) is 0 Å². The molecule has 12 nitrogen and oxygen atoms in total. The van der Waals surface area contributed by atoms with E-state index in [1.54, 1.807) is 14.1 Å². The predicted molar refractivity (Wildman–Crippen MR) is 171 cm³/mol. The van der Waals surface area contributed by atoms with Crippen molar-refractivity contribution in [1.82, 2.24) is 20.4 Å². The molecule has 0 aromatic heterocycles. The number of benzene rings is 3. The van der Waals surface area contributed by atoms with Gasteiger partial charge in [0.05, 0.1) is 26.4 Å². The van der Waals surface area contributed by atoms with E-state index in [-0.39, 0.29) is 39.5 Å². The highest BCUT2D eigenvalue weighted by molar-refractivity contribution is 5.68. The lowest BCUT2D eigenvalue weighted by molar-refractivity contribution is 0.0942. The molecule has 2 N–H and O–H groups in total. The van der Waals surface area contributed by atoms with E-state index < -0.39 is 24.4 Å². The highest BCUT2D eigenvalue weighted by atomic mass is 16.6. The first-order chi connectivity index (χ1) is 22.3. The van der Waals surface area contributed by atoms with Crippen molar-refractivity contribution < 1.29 is 38.1 Å². The zero-order valence-corrected chi connectivity index (χ0v) is 26.3. The number of rotatable bonds is 16. The summed E-state index contributed by atoms with van der Waals surface area (Å²) in [5, 5.41) is 5.35. The van der Waals surface area contributed by atoms with Crippen LogP contribution >= 0.6 is 0 Å². The third-order valence-corrected chi connectivity index (χ3v) is 6.51. The van der Waals surface area contributed by atoms with Gasteiger partial charge in [-0.05, 0) is 22.3 Å². The summed E-state index contributed by atoms with van der Waals surface area (Å²) in [5.41, 5.74) is 3.63. The van der Waals surface area contributed by atoms with Crippen LogP contribution in [0, 0.1) is 0 Å². The first kappa shape index (κ1) is 35.2. The average Bonchev–Trinajstić information content (AvgIpc) is 3.07. The fraction of sp³-hybridized carbons (Fsp3) is 0.353. The highest BCUT2D eigenvalue weighted by Gasteiger charge is 2.12. The van der Waals surface area contributed by atoms with Crippen LogP contribution < -0.4 is 10.6 Å². The number of alkyl carbamates (subject to hydrolysis) is 2. The van der Waals surface area contributed by atoms with E-state index in [0.29, 0.717) is 25.9 Å². The third-order valence-electron chi connectivity index (χ3n) is 6.51. The average molecular weight is 635 g/mol. The van der Waals surface area contributed by atoms with Crippen molar-refractivity contribution in [3.8, 4) is 0 Å². The molecule has 3 rings (SSSR count). The maximum absolute atomic E-state index is 12.1. The monoisotopic (exact) mass is 634 g/mol. The number of carbonyl (C=O) groups excluding carboxylic acids is 4. The number of hydrogen-bond acceptors (Lipinski definition) is 8. The van der Waals surface area contributed by atoms with Crippen LogP contribution in [0.25, 0.3) is 0 Å². The van der Waals surface area contributed by atoms with Crippen LogP contribution in [0.5, 0.6) is 0 Å². The second-order valence-electron chi connectivity index (χ2n) is 10.4. The van der Waals surface area contributed by atoms with Crippen LogP contribution in [-0.4, -0.2) is 74.7 Å². The second-order valence-corrected chi connectivity index (χ2v) is 10.4. The smallest absolute Gasteiger partial charge is 0.409 e. The summed E-state index contributed by atoms with van der Waals surface area (Å²) in [6.45, 7) is 1.79. The number of amides is 4. The van der Waals surface area contributed by atoms with E-state index in [1.807, 2.05) is 84.9 Å². The quantitative estimate of drug-likeness (QED) is 0.157. The van der Waals surface area contributed by atoms with E-state index in [1.165, 1.54) is 9.80 Å². The van der Waals surface area contributed by atoms with Crippen molar-refractivity contribution in [2.75, 3.05) is 40.5 Å². The molecule has 0 unspecified atom stereocenters. The molecular weight excluding hydrogens is 592 g/mol. The minimum absolute atomic E-state index is 0.0985. The van der Waals surface area contributed by atoms with E-state index in [4.69, 9.17) is 18.9 Å². The molecule has 0 bridgehead atoms. The van der Waals surface area contributed by atoms with Gasteiger partial charge in [-0.3, -0.25) is 0 Å². The molecule has 0 fully saturated rings. The van der Waals surface area contributed by atoms with Crippen molar-refractivity contribution in [2.45, 2.75) is 39.0 Å². The Hall–Kier alpha value is -5.26. The summed E-state index contributed by atoms with van der Waals surface area (Å²) in [4.78, 5) is 51.3. The molecule has 0 saturated carbocycles. The van der Waals surface area contributed by atoms with Gasteiger partial charge in [-0.25, -0.2) is 19.2 Å². The third kappa shape index (κ3) is 14.0. The lowest BCUT2D eigenvalue weighted by Crippen LogP contribution is -2.28. The Labute approximate surface area is 269 Å². The number of nitrogens with one attached hydrogen (secondary N) is 2. The SMILES string of the molecule is CN(Cc1ccccc1)C(=O)OCCCOC(=O)NCc1cccc(CNC(=O)OCCCOC(=O)N(C)Cc2ccccc2)c1. The van der Waals surface area contributed by atoms with Gasteiger partial charge in [0.1, 0.15) is 0 Å². The first-order valence-corrected chi connectivity index (χ1v) is 15.0. The number of ether oxygens (including phenoxy) is 4. The van der Waals surface area contributed by atoms with Crippen molar-refractivity contribution in [1.29, 1.82) is 0 Å². The van der Waals surface area contributed by atoms with Crippen molar-refractivity contribution in [2.24, 2.45) is 0 Å². The molecule has 0 spiro atoms. The van der Waals surface area contributed by atoms with E-state index in [0.717, 1.165) is 22.3 Å². The normalized spacial score (nSPS) is 10.3. The Balaban J connectivity index is 1.21. The molecule has 0 aliphatic rings. The Morgan fingerprint density at radius 2 is 0.891 bits per heavy atom. The van der Waals surface area contributed by atoms with Crippen molar-refractivity contribution >= 4 is 24.4 Å². The summed E-state index contributed by atoms with van der Waals surface area (Å²) < 4.78 is 20.8. The first-order valence-electron chi connectivity index (χ1n) is 15.0. The molecule has 0 atom stereocenters. The van der Waals surface area contributed by atoms with Gasteiger partial charge in [-0.1, -0.05) is 84.9 Å². The van der Waals surface area contributed by atoms with Gasteiger partial charge >= 0.3 is 24.4 Å². The Kier molecular flexibility index (Phi) is 15.2.